The summed E-state index contributed by atoms with van der Waals surface area (Å²) in [6, 6.07) is 15.9. The fourth-order valence-corrected chi connectivity index (χ4v) is 7.10. The SMILES string of the molecule is Cc1ccc(S(=O)(=O)OC[C@H](C)[C@H]2CC[C@H]3[C@@H](OC(=O)c4ccccc4)CCC[C@]23C)cc1. The lowest BCUT2D eigenvalue weighted by molar-refractivity contribution is -0.0490. The van der Waals surface area contributed by atoms with E-state index in [0.29, 0.717) is 17.4 Å². The molecule has 0 unspecified atom stereocenters. The molecule has 0 heterocycles. The van der Waals surface area contributed by atoms with E-state index in [9.17, 15) is 13.2 Å². The first-order valence-electron chi connectivity index (χ1n) is 11.9. The van der Waals surface area contributed by atoms with Crippen LogP contribution in [-0.4, -0.2) is 27.1 Å². The van der Waals surface area contributed by atoms with Crippen LogP contribution in [0.15, 0.2) is 59.5 Å². The molecule has 0 spiro atoms. The minimum atomic E-state index is -3.78. The summed E-state index contributed by atoms with van der Waals surface area (Å²) in [5.41, 5.74) is 1.60. The normalized spacial score (nSPS) is 28.2. The Morgan fingerprint density at radius 3 is 2.45 bits per heavy atom. The van der Waals surface area contributed by atoms with E-state index in [-0.39, 0.29) is 34.9 Å². The molecule has 0 amide bonds. The molecule has 0 N–H and O–H groups in total. The molecule has 0 saturated heterocycles. The van der Waals surface area contributed by atoms with E-state index in [1.807, 2.05) is 25.1 Å². The number of hydrogen-bond donors (Lipinski definition) is 0. The quantitative estimate of drug-likeness (QED) is 0.379. The molecule has 6 heteroatoms. The molecule has 2 fully saturated rings. The van der Waals surface area contributed by atoms with Crippen molar-refractivity contribution in [3.63, 3.8) is 0 Å². The molecular weight excluding hydrogens is 436 g/mol. The number of fused-ring (bicyclic) bond motifs is 1. The van der Waals surface area contributed by atoms with Crippen LogP contribution in [0.2, 0.25) is 0 Å². The average Bonchev–Trinajstić information content (AvgIpc) is 3.16. The van der Waals surface area contributed by atoms with Crippen LogP contribution in [0.3, 0.4) is 0 Å². The van der Waals surface area contributed by atoms with Crippen molar-refractivity contribution in [2.75, 3.05) is 6.61 Å². The standard InChI is InChI=1S/C27H34O5S/c1-19-11-13-22(14-12-19)33(29,30)31-18-20(2)23-15-16-24-25(10-7-17-27(23,24)3)32-26(28)21-8-5-4-6-9-21/h4-6,8-9,11-14,20,23-25H,7,10,15-18H2,1-3H3/t20-,23+,24-,25-,27+/m0/s1. The van der Waals surface area contributed by atoms with E-state index in [4.69, 9.17) is 8.92 Å². The van der Waals surface area contributed by atoms with E-state index in [1.54, 1.807) is 36.4 Å². The van der Waals surface area contributed by atoms with E-state index < -0.39 is 10.1 Å². The molecule has 178 valence electrons. The molecule has 4 rings (SSSR count). The van der Waals surface area contributed by atoms with Crippen LogP contribution in [0.1, 0.15) is 61.9 Å². The Balaban J connectivity index is 1.41. The summed E-state index contributed by atoms with van der Waals surface area (Å²) in [7, 11) is -3.78. The maximum Gasteiger partial charge on any atom is 0.338 e. The summed E-state index contributed by atoms with van der Waals surface area (Å²) in [6.07, 6.45) is 4.85. The van der Waals surface area contributed by atoms with Crippen molar-refractivity contribution >= 4 is 16.1 Å². The Morgan fingerprint density at radius 2 is 1.76 bits per heavy atom. The number of hydrogen-bond acceptors (Lipinski definition) is 5. The second kappa shape index (κ2) is 9.59. The zero-order chi connectivity index (χ0) is 23.6. The van der Waals surface area contributed by atoms with Crippen LogP contribution in [0, 0.1) is 30.1 Å². The van der Waals surface area contributed by atoms with Crippen molar-refractivity contribution in [3.8, 4) is 0 Å². The molecule has 2 saturated carbocycles. The lowest BCUT2D eigenvalue weighted by Gasteiger charge is -2.46. The molecule has 33 heavy (non-hydrogen) atoms. The van der Waals surface area contributed by atoms with Gasteiger partial charge in [-0.2, -0.15) is 8.42 Å². The van der Waals surface area contributed by atoms with Gasteiger partial charge in [-0.25, -0.2) is 4.79 Å². The van der Waals surface area contributed by atoms with Gasteiger partial charge in [-0.3, -0.25) is 4.18 Å². The third-order valence-corrected chi connectivity index (χ3v) is 9.18. The van der Waals surface area contributed by atoms with Gasteiger partial charge in [0.15, 0.2) is 0 Å². The number of carbonyl (C=O) groups excluding carboxylic acids is 1. The van der Waals surface area contributed by atoms with E-state index in [1.165, 1.54) is 0 Å². The highest BCUT2D eigenvalue weighted by molar-refractivity contribution is 7.86. The van der Waals surface area contributed by atoms with Crippen LogP contribution in [0.25, 0.3) is 0 Å². The van der Waals surface area contributed by atoms with Crippen LogP contribution < -0.4 is 0 Å². The van der Waals surface area contributed by atoms with Crippen molar-refractivity contribution < 1.29 is 22.1 Å². The van der Waals surface area contributed by atoms with Crippen molar-refractivity contribution in [2.24, 2.45) is 23.2 Å². The Labute approximate surface area is 197 Å². The molecule has 5 nitrogen and oxygen atoms in total. The smallest absolute Gasteiger partial charge is 0.338 e. The third kappa shape index (κ3) is 5.02. The second-order valence-corrected chi connectivity index (χ2v) is 11.6. The fourth-order valence-electron chi connectivity index (χ4n) is 6.10. The van der Waals surface area contributed by atoms with Gasteiger partial charge in [0, 0.05) is 5.92 Å². The fraction of sp³-hybridized carbons (Fsp3) is 0.519. The summed E-state index contributed by atoms with van der Waals surface area (Å²) < 4.78 is 36.8. The largest absolute Gasteiger partial charge is 0.458 e. The predicted molar refractivity (Wildman–Crippen MR) is 127 cm³/mol. The lowest BCUT2D eigenvalue weighted by atomic mass is 9.62. The molecule has 2 aliphatic rings. The number of aryl methyl sites for hydroxylation is 1. The third-order valence-electron chi connectivity index (χ3n) is 7.89. The zero-order valence-electron chi connectivity index (χ0n) is 19.7. The van der Waals surface area contributed by atoms with E-state index in [0.717, 1.165) is 37.7 Å². The first-order valence-corrected chi connectivity index (χ1v) is 13.3. The Morgan fingerprint density at radius 1 is 1.06 bits per heavy atom. The van der Waals surface area contributed by atoms with Gasteiger partial charge in [-0.05, 0) is 80.5 Å². The van der Waals surface area contributed by atoms with Crippen molar-refractivity contribution in [3.05, 3.63) is 65.7 Å². The molecule has 2 aromatic carbocycles. The van der Waals surface area contributed by atoms with Gasteiger partial charge in [0.1, 0.15) is 6.10 Å². The maximum atomic E-state index is 12.7. The second-order valence-electron chi connectivity index (χ2n) is 10.0. The number of carbonyl (C=O) groups is 1. The topological polar surface area (TPSA) is 69.7 Å². The van der Waals surface area contributed by atoms with Crippen LogP contribution in [-0.2, 0) is 19.0 Å². The average molecular weight is 471 g/mol. The highest BCUT2D eigenvalue weighted by Gasteiger charge is 2.53. The minimum Gasteiger partial charge on any atom is -0.458 e. The van der Waals surface area contributed by atoms with Gasteiger partial charge in [-0.15, -0.1) is 0 Å². The molecule has 2 aliphatic carbocycles. The van der Waals surface area contributed by atoms with Crippen LogP contribution >= 0.6 is 0 Å². The Hall–Kier alpha value is -2.18. The summed E-state index contributed by atoms with van der Waals surface area (Å²) in [4.78, 5) is 12.9. The van der Waals surface area contributed by atoms with Crippen LogP contribution in [0.5, 0.6) is 0 Å². The van der Waals surface area contributed by atoms with Gasteiger partial charge in [0.25, 0.3) is 10.1 Å². The number of benzene rings is 2. The molecule has 5 atom stereocenters. The van der Waals surface area contributed by atoms with Gasteiger partial charge < -0.3 is 4.74 Å². The van der Waals surface area contributed by atoms with Gasteiger partial charge in [0.2, 0.25) is 0 Å². The monoisotopic (exact) mass is 470 g/mol. The van der Waals surface area contributed by atoms with Crippen molar-refractivity contribution in [1.82, 2.24) is 0 Å². The highest BCUT2D eigenvalue weighted by Crippen LogP contribution is 2.58. The molecule has 2 aromatic rings. The molecule has 0 radical (unpaired) electrons. The van der Waals surface area contributed by atoms with Gasteiger partial charge in [0.05, 0.1) is 17.1 Å². The summed E-state index contributed by atoms with van der Waals surface area (Å²) in [6.45, 7) is 6.47. The van der Waals surface area contributed by atoms with E-state index >= 15 is 0 Å². The highest BCUT2D eigenvalue weighted by atomic mass is 32.2. The van der Waals surface area contributed by atoms with E-state index in [2.05, 4.69) is 13.8 Å². The first-order chi connectivity index (χ1) is 15.7. The van der Waals surface area contributed by atoms with Crippen molar-refractivity contribution in [2.45, 2.75) is 63.9 Å². The summed E-state index contributed by atoms with van der Waals surface area (Å²) in [5.74, 6) is 0.451. The summed E-state index contributed by atoms with van der Waals surface area (Å²) in [5, 5.41) is 0. The molecule has 0 bridgehead atoms. The molecule has 0 aromatic heterocycles. The molecule has 0 aliphatic heterocycles. The van der Waals surface area contributed by atoms with Crippen molar-refractivity contribution in [1.29, 1.82) is 0 Å². The first kappa shape index (κ1) is 24.0. The number of rotatable bonds is 7. The number of esters is 1. The van der Waals surface area contributed by atoms with Gasteiger partial charge >= 0.3 is 5.97 Å². The predicted octanol–water partition coefficient (Wildman–Crippen LogP) is 5.78. The summed E-state index contributed by atoms with van der Waals surface area (Å²) >= 11 is 0. The van der Waals surface area contributed by atoms with Crippen LogP contribution in [0.4, 0.5) is 0 Å². The van der Waals surface area contributed by atoms with Gasteiger partial charge in [-0.1, -0.05) is 49.7 Å². The zero-order valence-corrected chi connectivity index (χ0v) is 20.5. The lowest BCUT2D eigenvalue weighted by Crippen LogP contribution is -2.43. The Bertz CT molecular complexity index is 1060. The Kier molecular flexibility index (Phi) is 6.96. The minimum absolute atomic E-state index is 0.0102. The maximum absolute atomic E-state index is 12.7. The number of ether oxygens (including phenoxy) is 1. The molecular formula is C27H34O5S.